The number of carbonyl (C=O) groups is 4. The van der Waals surface area contributed by atoms with Crippen molar-refractivity contribution in [3.63, 3.8) is 0 Å². The van der Waals surface area contributed by atoms with E-state index in [1.54, 1.807) is 60.6 Å². The smallest absolute Gasteiger partial charge is 0.408 e. The van der Waals surface area contributed by atoms with Crippen molar-refractivity contribution in [2.45, 2.75) is 130 Å². The molecule has 3 N–H and O–H groups in total. The minimum atomic E-state index is -1.22. The van der Waals surface area contributed by atoms with Crippen molar-refractivity contribution < 1.29 is 33.8 Å². The van der Waals surface area contributed by atoms with Gasteiger partial charge in [0.15, 0.2) is 0 Å². The zero-order valence-corrected chi connectivity index (χ0v) is 31.4. The Morgan fingerprint density at radius 2 is 1.45 bits per heavy atom. The number of alkyl carbamates (subject to hydrolysis) is 1. The van der Waals surface area contributed by atoms with Gasteiger partial charge in [-0.3, -0.25) is 9.59 Å². The molecular weight excluding hydrogens is 642 g/mol. The Hall–Kier alpha value is -3.73. The number of aryl methyl sites for hydroxylation is 1. The highest BCUT2D eigenvalue weighted by Gasteiger charge is 2.38. The Kier molecular flexibility index (Phi) is 16.5. The molecule has 0 aliphatic heterocycles. The second kappa shape index (κ2) is 19.5. The Labute approximate surface area is 298 Å². The molecule has 3 amide bonds. The number of nitrogens with one attached hydrogen (secondary N) is 2. The number of hydrogen-bond acceptors (Lipinski definition) is 8. The molecule has 49 heavy (non-hydrogen) atoms. The zero-order chi connectivity index (χ0) is 36.8. The molecule has 3 atom stereocenters. The first-order chi connectivity index (χ1) is 23.0. The molecule has 0 aromatic heterocycles. The van der Waals surface area contributed by atoms with Gasteiger partial charge in [-0.25, -0.2) is 9.59 Å². The molecule has 2 rings (SSSR count). The van der Waals surface area contributed by atoms with Gasteiger partial charge in [0, 0.05) is 18.7 Å². The second-order valence-electron chi connectivity index (χ2n) is 14.4. The number of hydrogen-bond donors (Lipinski definition) is 4. The third kappa shape index (κ3) is 14.7. The van der Waals surface area contributed by atoms with Crippen LogP contribution in [0.5, 0.6) is 5.75 Å². The van der Waals surface area contributed by atoms with Crippen LogP contribution in [0.2, 0.25) is 0 Å². The number of phenolic OH excluding ortho intramolecular Hbond substituents is 1. The maximum Gasteiger partial charge on any atom is 0.408 e. The van der Waals surface area contributed by atoms with Crippen LogP contribution in [0, 0.1) is 6.92 Å². The Balaban J connectivity index is 2.60. The van der Waals surface area contributed by atoms with Crippen molar-refractivity contribution in [1.82, 2.24) is 15.5 Å². The third-order valence-electron chi connectivity index (χ3n) is 7.59. The molecule has 0 radical (unpaired) electrons. The van der Waals surface area contributed by atoms with Crippen molar-refractivity contribution >= 4 is 36.5 Å². The first kappa shape index (κ1) is 41.4. The van der Waals surface area contributed by atoms with Crippen LogP contribution in [0.4, 0.5) is 4.79 Å². The first-order valence-electron chi connectivity index (χ1n) is 17.2. The predicted molar refractivity (Wildman–Crippen MR) is 196 cm³/mol. The van der Waals surface area contributed by atoms with E-state index in [-0.39, 0.29) is 24.5 Å². The second-order valence-corrected chi connectivity index (χ2v) is 14.8. The third-order valence-corrected chi connectivity index (χ3v) is 7.96. The molecule has 2 aromatic rings. The molecule has 272 valence electrons. The van der Waals surface area contributed by atoms with E-state index in [1.807, 2.05) is 30.3 Å². The Bertz CT molecular complexity index is 1370. The molecule has 0 heterocycles. The van der Waals surface area contributed by atoms with Crippen LogP contribution < -0.4 is 10.6 Å². The van der Waals surface area contributed by atoms with Crippen LogP contribution in [0.15, 0.2) is 48.5 Å². The van der Waals surface area contributed by atoms with Crippen molar-refractivity contribution in [3.8, 4) is 5.75 Å². The molecule has 0 spiro atoms. The summed E-state index contributed by atoms with van der Waals surface area (Å²) in [7, 11) is 0. The number of carbonyl (C=O) groups excluding carboxylic acids is 4. The van der Waals surface area contributed by atoms with Gasteiger partial charge in [0.05, 0.1) is 0 Å². The van der Waals surface area contributed by atoms with Crippen molar-refractivity contribution in [2.24, 2.45) is 0 Å². The number of unbranched alkanes of at least 4 members (excludes halogenated alkanes) is 5. The van der Waals surface area contributed by atoms with Crippen LogP contribution in [0.3, 0.4) is 0 Å². The number of benzene rings is 2. The van der Waals surface area contributed by atoms with E-state index in [4.69, 9.17) is 9.47 Å². The van der Waals surface area contributed by atoms with E-state index in [0.29, 0.717) is 17.5 Å². The summed E-state index contributed by atoms with van der Waals surface area (Å²) in [5.74, 6) is -1.77. The summed E-state index contributed by atoms with van der Waals surface area (Å²) in [4.78, 5) is 56.7. The van der Waals surface area contributed by atoms with Crippen LogP contribution in [-0.2, 0) is 30.3 Å². The van der Waals surface area contributed by atoms with Gasteiger partial charge in [-0.1, -0.05) is 75.4 Å². The van der Waals surface area contributed by atoms with Gasteiger partial charge in [-0.05, 0) is 83.7 Å². The van der Waals surface area contributed by atoms with Gasteiger partial charge in [-0.15, -0.1) is 0 Å². The monoisotopic (exact) mass is 699 g/mol. The van der Waals surface area contributed by atoms with Crippen molar-refractivity contribution in [1.29, 1.82) is 0 Å². The minimum Gasteiger partial charge on any atom is -0.508 e. The number of aromatic hydroxyl groups is 1. The molecular formula is C38H57N3O7S. The molecule has 0 fully saturated rings. The number of rotatable bonds is 17. The fourth-order valence-corrected chi connectivity index (χ4v) is 5.50. The van der Waals surface area contributed by atoms with Gasteiger partial charge in [-0.2, -0.15) is 12.6 Å². The van der Waals surface area contributed by atoms with Gasteiger partial charge in [0.25, 0.3) is 0 Å². The molecule has 0 saturated carbocycles. The number of amides is 3. The maximum atomic E-state index is 14.5. The Morgan fingerprint density at radius 1 is 0.837 bits per heavy atom. The van der Waals surface area contributed by atoms with Crippen LogP contribution in [0.1, 0.15) is 110 Å². The summed E-state index contributed by atoms with van der Waals surface area (Å²) >= 11 is 4.39. The van der Waals surface area contributed by atoms with Crippen LogP contribution in [-0.4, -0.2) is 69.5 Å². The normalized spacial score (nSPS) is 13.5. The largest absolute Gasteiger partial charge is 0.508 e. The summed E-state index contributed by atoms with van der Waals surface area (Å²) in [5, 5.41) is 15.9. The molecule has 0 saturated heterocycles. The molecule has 3 unspecified atom stereocenters. The average molecular weight is 700 g/mol. The molecule has 11 heteroatoms. The van der Waals surface area contributed by atoms with Crippen LogP contribution in [0.25, 0.3) is 0 Å². The fourth-order valence-electron chi connectivity index (χ4n) is 5.25. The Morgan fingerprint density at radius 3 is 2.02 bits per heavy atom. The number of ether oxygens (including phenoxy) is 2. The first-order valence-corrected chi connectivity index (χ1v) is 17.9. The fraction of sp³-hybridized carbons (Fsp3) is 0.579. The lowest BCUT2D eigenvalue weighted by Gasteiger charge is -2.35. The van der Waals surface area contributed by atoms with Gasteiger partial charge >= 0.3 is 12.1 Å². The molecule has 0 aliphatic rings. The SMILES string of the molecule is CCCCCCCCN(C(=O)C(CS)NC(=O)OC(C)(C)C)C(C(=O)NC(Cc1ccccc1)C(=O)OC(C)(C)C)c1ccc(O)c(C)c1. The summed E-state index contributed by atoms with van der Waals surface area (Å²) in [6.45, 7) is 14.5. The lowest BCUT2D eigenvalue weighted by atomic mass is 9.98. The zero-order valence-electron chi connectivity index (χ0n) is 30.5. The lowest BCUT2D eigenvalue weighted by Crippen LogP contribution is -2.55. The predicted octanol–water partition coefficient (Wildman–Crippen LogP) is 6.82. The number of thiol groups is 1. The van der Waals surface area contributed by atoms with E-state index in [1.165, 1.54) is 11.0 Å². The van der Waals surface area contributed by atoms with Crippen molar-refractivity contribution in [3.05, 3.63) is 65.2 Å². The summed E-state index contributed by atoms with van der Waals surface area (Å²) < 4.78 is 11.1. The summed E-state index contributed by atoms with van der Waals surface area (Å²) in [5.41, 5.74) is 0.149. The minimum absolute atomic E-state index is 0.0345. The number of nitrogens with zero attached hydrogens (tertiary/aromatic N) is 1. The van der Waals surface area contributed by atoms with Gasteiger partial charge in [0.2, 0.25) is 11.8 Å². The highest BCUT2D eigenvalue weighted by molar-refractivity contribution is 7.80. The summed E-state index contributed by atoms with van der Waals surface area (Å²) in [6, 6.07) is 10.6. The van der Waals surface area contributed by atoms with Crippen LogP contribution >= 0.6 is 12.6 Å². The van der Waals surface area contributed by atoms with E-state index in [9.17, 15) is 24.3 Å². The van der Waals surface area contributed by atoms with E-state index in [2.05, 4.69) is 30.2 Å². The standard InChI is InChI=1S/C38H57N3O7S/c1-9-10-11-12-13-17-22-41(34(44)30(25-49)40-36(46)48-38(6,7)8)32(28-20-21-31(42)26(2)23-28)33(43)39-29(35(45)47-37(3,4)5)24-27-18-15-14-16-19-27/h14-16,18-21,23,29-30,32,42,49H,9-13,17,22,24-25H2,1-8H3,(H,39,43)(H,40,46). The molecule has 10 nitrogen and oxygen atoms in total. The van der Waals surface area contributed by atoms with Gasteiger partial charge < -0.3 is 30.1 Å². The highest BCUT2D eigenvalue weighted by atomic mass is 32.1. The topological polar surface area (TPSA) is 134 Å². The van der Waals surface area contributed by atoms with E-state index >= 15 is 0 Å². The number of phenols is 1. The van der Waals surface area contributed by atoms with Gasteiger partial charge in [0.1, 0.15) is 35.1 Å². The molecule has 0 aliphatic carbocycles. The van der Waals surface area contributed by atoms with E-state index < -0.39 is 53.2 Å². The average Bonchev–Trinajstić information content (AvgIpc) is 3.00. The maximum absolute atomic E-state index is 14.5. The van der Waals surface area contributed by atoms with E-state index in [0.717, 1.165) is 37.7 Å². The molecule has 2 aromatic carbocycles. The summed E-state index contributed by atoms with van der Waals surface area (Å²) in [6.07, 6.45) is 5.02. The van der Waals surface area contributed by atoms with Crippen molar-refractivity contribution in [2.75, 3.05) is 12.3 Å². The number of esters is 1. The lowest BCUT2D eigenvalue weighted by molar-refractivity contribution is -0.159. The quantitative estimate of drug-likeness (QED) is 0.0809. The molecule has 0 bridgehead atoms. The highest BCUT2D eigenvalue weighted by Crippen LogP contribution is 2.28.